The molecule has 2 aliphatic carbocycles. The Kier molecular flexibility index (Phi) is 7.04. The smallest absolute Gasteiger partial charge is 0.339 e. The van der Waals surface area contributed by atoms with Crippen molar-refractivity contribution in [3.8, 4) is 22.6 Å². The Morgan fingerprint density at radius 2 is 1.87 bits per heavy atom. The first-order valence-electron chi connectivity index (χ1n) is 14.1. The van der Waals surface area contributed by atoms with Crippen molar-refractivity contribution in [1.82, 2.24) is 25.7 Å². The van der Waals surface area contributed by atoms with Crippen LogP contribution < -0.4 is 15.7 Å². The summed E-state index contributed by atoms with van der Waals surface area (Å²) < 4.78 is 8.05. The molecule has 6 rings (SSSR count). The van der Waals surface area contributed by atoms with Gasteiger partial charge in [-0.2, -0.15) is 5.10 Å². The quantitative estimate of drug-likeness (QED) is 0.327. The molecule has 3 aromatic rings. The Labute approximate surface area is 229 Å². The number of aromatic nitrogens is 2. The monoisotopic (exact) mass is 527 g/mol. The van der Waals surface area contributed by atoms with Gasteiger partial charge in [0.1, 0.15) is 11.3 Å². The van der Waals surface area contributed by atoms with Gasteiger partial charge in [-0.3, -0.25) is 5.01 Å². The SMILES string of the molecule is CC(COc1cccc(-c2cccc(-n3ncc(C(=O)O)c3C3CC3C3=CN(C)NN3)c2)c1)C1CCCCC1. The number of benzene rings is 2. The molecule has 3 atom stereocenters. The van der Waals surface area contributed by atoms with Gasteiger partial charge in [0.25, 0.3) is 0 Å². The van der Waals surface area contributed by atoms with Crippen LogP contribution in [-0.4, -0.2) is 39.5 Å². The predicted octanol–water partition coefficient (Wildman–Crippen LogP) is 5.73. The molecular formula is C31H37N5O3. The summed E-state index contributed by atoms with van der Waals surface area (Å²) in [6.45, 7) is 3.05. The average molecular weight is 528 g/mol. The summed E-state index contributed by atoms with van der Waals surface area (Å²) >= 11 is 0. The molecule has 204 valence electrons. The molecule has 0 bridgehead atoms. The fraction of sp³-hybridized carbons (Fsp3) is 0.419. The molecule has 0 spiro atoms. The lowest BCUT2D eigenvalue weighted by atomic mass is 9.81. The fourth-order valence-corrected chi connectivity index (χ4v) is 6.19. The van der Waals surface area contributed by atoms with Crippen LogP contribution in [-0.2, 0) is 0 Å². The van der Waals surface area contributed by atoms with E-state index in [9.17, 15) is 9.90 Å². The number of ether oxygens (including phenoxy) is 1. The molecule has 8 nitrogen and oxygen atoms in total. The van der Waals surface area contributed by atoms with Crippen LogP contribution in [0.2, 0.25) is 0 Å². The van der Waals surface area contributed by atoms with Crippen LogP contribution in [0.5, 0.6) is 5.75 Å². The van der Waals surface area contributed by atoms with Crippen LogP contribution in [0.25, 0.3) is 16.8 Å². The molecule has 2 fully saturated rings. The highest BCUT2D eigenvalue weighted by atomic mass is 16.5. The second-order valence-corrected chi connectivity index (χ2v) is 11.3. The van der Waals surface area contributed by atoms with E-state index in [0.717, 1.165) is 52.9 Å². The highest BCUT2D eigenvalue weighted by Gasteiger charge is 2.46. The zero-order valence-electron chi connectivity index (χ0n) is 22.6. The lowest BCUT2D eigenvalue weighted by Gasteiger charge is -2.27. The van der Waals surface area contributed by atoms with Crippen LogP contribution in [0.4, 0.5) is 0 Å². The molecule has 8 heteroatoms. The summed E-state index contributed by atoms with van der Waals surface area (Å²) in [5, 5.41) is 16.3. The van der Waals surface area contributed by atoms with Crippen molar-refractivity contribution < 1.29 is 14.6 Å². The molecule has 2 saturated carbocycles. The topological polar surface area (TPSA) is 91.7 Å². The van der Waals surface area contributed by atoms with Gasteiger partial charge >= 0.3 is 5.97 Å². The minimum atomic E-state index is -0.950. The number of hydrogen-bond acceptors (Lipinski definition) is 6. The Balaban J connectivity index is 1.22. The lowest BCUT2D eigenvalue weighted by Crippen LogP contribution is -2.33. The van der Waals surface area contributed by atoms with E-state index in [2.05, 4.69) is 47.2 Å². The summed E-state index contributed by atoms with van der Waals surface area (Å²) in [6.07, 6.45) is 11.1. The second-order valence-electron chi connectivity index (χ2n) is 11.3. The van der Waals surface area contributed by atoms with Crippen LogP contribution in [0.1, 0.15) is 67.4 Å². The third-order valence-corrected chi connectivity index (χ3v) is 8.51. The van der Waals surface area contributed by atoms with Gasteiger partial charge in [-0.25, -0.2) is 9.48 Å². The van der Waals surface area contributed by atoms with Gasteiger partial charge in [-0.05, 0) is 53.6 Å². The largest absolute Gasteiger partial charge is 0.493 e. The van der Waals surface area contributed by atoms with Gasteiger partial charge < -0.3 is 15.3 Å². The van der Waals surface area contributed by atoms with Crippen LogP contribution in [0, 0.1) is 17.8 Å². The number of hydrogen-bond donors (Lipinski definition) is 3. The molecule has 2 aromatic carbocycles. The normalized spacial score (nSPS) is 21.8. The molecule has 2 heterocycles. The van der Waals surface area contributed by atoms with Crippen LogP contribution in [0.15, 0.2) is 66.6 Å². The number of carboxylic acids is 1. The summed E-state index contributed by atoms with van der Waals surface area (Å²) in [5.41, 5.74) is 11.2. The number of aromatic carboxylic acids is 1. The van der Waals surface area contributed by atoms with E-state index in [1.807, 2.05) is 42.5 Å². The van der Waals surface area contributed by atoms with Crippen LogP contribution >= 0.6 is 0 Å². The molecule has 3 unspecified atom stereocenters. The summed E-state index contributed by atoms with van der Waals surface area (Å²) in [6, 6.07) is 16.4. The summed E-state index contributed by atoms with van der Waals surface area (Å²) in [4.78, 5) is 12.1. The molecule has 3 N–H and O–H groups in total. The number of nitrogens with one attached hydrogen (secondary N) is 2. The van der Waals surface area contributed by atoms with E-state index in [-0.39, 0.29) is 17.4 Å². The van der Waals surface area contributed by atoms with Gasteiger partial charge in [-0.1, -0.05) is 63.3 Å². The zero-order chi connectivity index (χ0) is 26.9. The average Bonchev–Trinajstić information content (AvgIpc) is 3.41. The number of rotatable bonds is 9. The van der Waals surface area contributed by atoms with Crippen molar-refractivity contribution in [2.45, 2.75) is 51.4 Å². The third kappa shape index (κ3) is 5.39. The third-order valence-electron chi connectivity index (χ3n) is 8.51. The summed E-state index contributed by atoms with van der Waals surface area (Å²) in [5.74, 6) is 1.55. The van der Waals surface area contributed by atoms with E-state index in [0.29, 0.717) is 5.92 Å². The van der Waals surface area contributed by atoms with Crippen LogP contribution in [0.3, 0.4) is 0 Å². The number of allylic oxidation sites excluding steroid dienone is 1. The first-order chi connectivity index (χ1) is 19.0. The van der Waals surface area contributed by atoms with Gasteiger partial charge in [-0.15, -0.1) is 5.53 Å². The highest BCUT2D eigenvalue weighted by molar-refractivity contribution is 5.89. The van der Waals surface area contributed by atoms with Crippen molar-refractivity contribution in [2.24, 2.45) is 17.8 Å². The number of carbonyl (C=O) groups is 1. The Morgan fingerprint density at radius 1 is 1.10 bits per heavy atom. The zero-order valence-corrected chi connectivity index (χ0v) is 22.6. The Bertz CT molecular complexity index is 1380. The second kappa shape index (κ2) is 10.8. The van der Waals surface area contributed by atoms with Crippen molar-refractivity contribution in [1.29, 1.82) is 0 Å². The van der Waals surface area contributed by atoms with E-state index < -0.39 is 5.97 Å². The first kappa shape index (κ1) is 25.5. The number of carboxylic acid groups (broad SMARTS) is 1. The maximum absolute atomic E-state index is 12.1. The molecule has 39 heavy (non-hydrogen) atoms. The van der Waals surface area contributed by atoms with Gasteiger partial charge in [0.05, 0.1) is 24.2 Å². The molecule has 3 aliphatic rings. The Hall–Kier alpha value is -3.78. The standard InChI is InChI=1S/C31H37N5O3/c1-20(21-8-4-3-5-9-21)19-39-25-13-7-11-23(15-25)22-10-6-12-24(14-22)36-30(28(17-32-36)31(37)38)27-16-26(27)29-18-35(2)34-33-29/h6-7,10-15,17-18,20-21,26-27,33-34H,3-5,8-9,16,19H2,1-2H3,(H,37,38). The highest BCUT2D eigenvalue weighted by Crippen LogP contribution is 2.52. The lowest BCUT2D eigenvalue weighted by molar-refractivity contribution is 0.0695. The van der Waals surface area contributed by atoms with Crippen molar-refractivity contribution in [2.75, 3.05) is 13.7 Å². The number of nitrogens with zero attached hydrogens (tertiary/aromatic N) is 3. The van der Waals surface area contributed by atoms with E-state index in [1.54, 1.807) is 4.68 Å². The van der Waals surface area contributed by atoms with E-state index >= 15 is 0 Å². The number of hydrazine groups is 2. The van der Waals surface area contributed by atoms with Crippen molar-refractivity contribution in [3.63, 3.8) is 0 Å². The van der Waals surface area contributed by atoms with Gasteiger partial charge in [0.15, 0.2) is 0 Å². The molecule has 0 amide bonds. The summed E-state index contributed by atoms with van der Waals surface area (Å²) in [7, 11) is 1.92. The molecule has 1 aromatic heterocycles. The molecular weight excluding hydrogens is 490 g/mol. The minimum Gasteiger partial charge on any atom is -0.493 e. The minimum absolute atomic E-state index is 0.0807. The van der Waals surface area contributed by atoms with E-state index in [1.165, 1.54) is 38.3 Å². The maximum atomic E-state index is 12.1. The van der Waals surface area contributed by atoms with Gasteiger partial charge in [0.2, 0.25) is 0 Å². The molecule has 0 saturated heterocycles. The van der Waals surface area contributed by atoms with Crippen molar-refractivity contribution >= 4 is 5.97 Å². The Morgan fingerprint density at radius 3 is 2.62 bits per heavy atom. The fourth-order valence-electron chi connectivity index (χ4n) is 6.19. The van der Waals surface area contributed by atoms with Crippen molar-refractivity contribution in [3.05, 3.63) is 77.9 Å². The first-order valence-corrected chi connectivity index (χ1v) is 14.1. The molecule has 1 aliphatic heterocycles. The maximum Gasteiger partial charge on any atom is 0.339 e. The predicted molar refractivity (Wildman–Crippen MR) is 150 cm³/mol. The van der Waals surface area contributed by atoms with E-state index in [4.69, 9.17) is 4.74 Å². The molecule has 0 radical (unpaired) electrons. The van der Waals surface area contributed by atoms with Gasteiger partial charge in [0, 0.05) is 30.8 Å².